The molecule has 23 heavy (non-hydrogen) atoms. The number of carbonyl (C=O) groups is 1. The van der Waals surface area contributed by atoms with E-state index in [1.165, 1.54) is 18.2 Å². The van der Waals surface area contributed by atoms with Gasteiger partial charge in [0.15, 0.2) is 0 Å². The van der Waals surface area contributed by atoms with Gasteiger partial charge in [-0.25, -0.2) is 4.79 Å². The fourth-order valence-electron chi connectivity index (χ4n) is 1.85. The third kappa shape index (κ3) is 3.83. The van der Waals surface area contributed by atoms with Crippen LogP contribution in [0.1, 0.15) is 12.7 Å². The summed E-state index contributed by atoms with van der Waals surface area (Å²) in [5.41, 5.74) is 0.278. The van der Waals surface area contributed by atoms with E-state index in [2.05, 4.69) is 0 Å². The van der Waals surface area contributed by atoms with Crippen molar-refractivity contribution in [3.8, 4) is 17.4 Å². The summed E-state index contributed by atoms with van der Waals surface area (Å²) in [4.78, 5) is 21.8. The van der Waals surface area contributed by atoms with E-state index in [9.17, 15) is 14.9 Å². The van der Waals surface area contributed by atoms with Crippen LogP contribution in [0.25, 0.3) is 17.4 Å². The number of non-ortho nitro benzene ring substituents is 1. The standard InChI is InChI=1S/C16H12N2O5/c1-2-22-16(19)12(10-17)9-14-6-7-15(23-14)11-4-3-5-13(8-11)18(20)21/h3-9H,2H2,1H3/b12-9+. The van der Waals surface area contributed by atoms with Gasteiger partial charge in [-0.2, -0.15) is 5.26 Å². The molecule has 1 aromatic carbocycles. The van der Waals surface area contributed by atoms with Gasteiger partial charge in [-0.3, -0.25) is 10.1 Å². The van der Waals surface area contributed by atoms with Crippen LogP contribution < -0.4 is 0 Å². The van der Waals surface area contributed by atoms with E-state index in [1.54, 1.807) is 37.3 Å². The first kappa shape index (κ1) is 16.0. The molecule has 7 heteroatoms. The van der Waals surface area contributed by atoms with E-state index < -0.39 is 10.9 Å². The number of hydrogen-bond acceptors (Lipinski definition) is 6. The number of hydrogen-bond donors (Lipinski definition) is 0. The highest BCUT2D eigenvalue weighted by atomic mass is 16.6. The zero-order valence-corrected chi connectivity index (χ0v) is 12.2. The number of carbonyl (C=O) groups excluding carboxylic acids is 1. The maximum Gasteiger partial charge on any atom is 0.349 e. The molecule has 2 aromatic rings. The van der Waals surface area contributed by atoms with Gasteiger partial charge in [0, 0.05) is 23.8 Å². The molecule has 0 aliphatic carbocycles. The minimum Gasteiger partial charge on any atom is -0.462 e. The van der Waals surface area contributed by atoms with Crippen LogP contribution in [-0.2, 0) is 9.53 Å². The first-order chi connectivity index (χ1) is 11.0. The van der Waals surface area contributed by atoms with Crippen molar-refractivity contribution < 1.29 is 18.9 Å². The van der Waals surface area contributed by atoms with Crippen molar-refractivity contribution in [2.45, 2.75) is 6.92 Å². The van der Waals surface area contributed by atoms with Gasteiger partial charge in [0.25, 0.3) is 5.69 Å². The van der Waals surface area contributed by atoms with Crippen LogP contribution in [0.5, 0.6) is 0 Å². The monoisotopic (exact) mass is 312 g/mol. The molecule has 7 nitrogen and oxygen atoms in total. The number of rotatable bonds is 5. The second kappa shape index (κ2) is 7.04. The molecule has 0 aliphatic rings. The molecule has 0 spiro atoms. The van der Waals surface area contributed by atoms with Crippen molar-refractivity contribution in [3.05, 3.63) is 57.8 Å². The quantitative estimate of drug-likeness (QED) is 0.275. The van der Waals surface area contributed by atoms with Crippen molar-refractivity contribution >= 4 is 17.7 Å². The Morgan fingerprint density at radius 3 is 2.87 bits per heavy atom. The number of nitriles is 1. The summed E-state index contributed by atoms with van der Waals surface area (Å²) >= 11 is 0. The zero-order valence-electron chi connectivity index (χ0n) is 12.2. The molecule has 0 saturated heterocycles. The fraction of sp³-hybridized carbons (Fsp3) is 0.125. The van der Waals surface area contributed by atoms with Gasteiger partial charge < -0.3 is 9.15 Å². The summed E-state index contributed by atoms with van der Waals surface area (Å²) in [5.74, 6) is -0.0690. The van der Waals surface area contributed by atoms with Crippen LogP contribution >= 0.6 is 0 Å². The fourth-order valence-corrected chi connectivity index (χ4v) is 1.85. The van der Waals surface area contributed by atoms with Crippen LogP contribution in [0, 0.1) is 21.4 Å². The third-order valence-electron chi connectivity index (χ3n) is 2.87. The van der Waals surface area contributed by atoms with E-state index in [0.29, 0.717) is 11.3 Å². The predicted octanol–water partition coefficient (Wildman–Crippen LogP) is 3.32. The number of nitro groups is 1. The maximum absolute atomic E-state index is 11.5. The SMILES string of the molecule is CCOC(=O)/C(C#N)=C/c1ccc(-c2cccc([N+](=O)[O-])c2)o1. The first-order valence-electron chi connectivity index (χ1n) is 6.68. The number of esters is 1. The molecule has 116 valence electrons. The second-order valence-electron chi connectivity index (χ2n) is 4.40. The van der Waals surface area contributed by atoms with E-state index in [4.69, 9.17) is 14.4 Å². The Kier molecular flexibility index (Phi) is 4.89. The molecular formula is C16H12N2O5. The molecule has 0 unspecified atom stereocenters. The lowest BCUT2D eigenvalue weighted by Gasteiger charge is -1.99. The van der Waals surface area contributed by atoms with Crippen molar-refractivity contribution in [1.29, 1.82) is 5.26 Å². The molecule has 1 heterocycles. The molecule has 0 saturated carbocycles. The van der Waals surface area contributed by atoms with E-state index in [-0.39, 0.29) is 23.6 Å². The summed E-state index contributed by atoms with van der Waals surface area (Å²) in [6.45, 7) is 1.80. The van der Waals surface area contributed by atoms with Gasteiger partial charge in [0.1, 0.15) is 23.2 Å². The van der Waals surface area contributed by atoms with Crippen molar-refractivity contribution in [1.82, 2.24) is 0 Å². The average molecular weight is 312 g/mol. The first-order valence-corrected chi connectivity index (χ1v) is 6.68. The molecule has 0 N–H and O–H groups in total. The van der Waals surface area contributed by atoms with Crippen LogP contribution in [0.4, 0.5) is 5.69 Å². The minimum absolute atomic E-state index is 0.0553. The second-order valence-corrected chi connectivity index (χ2v) is 4.40. The van der Waals surface area contributed by atoms with Crippen LogP contribution in [0.15, 0.2) is 46.4 Å². The lowest BCUT2D eigenvalue weighted by Crippen LogP contribution is -2.05. The Hall–Kier alpha value is -3.40. The summed E-state index contributed by atoms with van der Waals surface area (Å²) in [6.07, 6.45) is 1.26. The van der Waals surface area contributed by atoms with Crippen molar-refractivity contribution in [2.24, 2.45) is 0 Å². The number of nitro benzene ring substituents is 1. The lowest BCUT2D eigenvalue weighted by molar-refractivity contribution is -0.384. The third-order valence-corrected chi connectivity index (χ3v) is 2.87. The van der Waals surface area contributed by atoms with Crippen LogP contribution in [-0.4, -0.2) is 17.5 Å². The van der Waals surface area contributed by atoms with Gasteiger partial charge in [0.05, 0.1) is 11.5 Å². The highest BCUT2D eigenvalue weighted by molar-refractivity contribution is 5.97. The Bertz CT molecular complexity index is 814. The summed E-state index contributed by atoms with van der Waals surface area (Å²) in [5, 5.41) is 19.8. The molecule has 0 fully saturated rings. The van der Waals surface area contributed by atoms with E-state index >= 15 is 0 Å². The van der Waals surface area contributed by atoms with Gasteiger partial charge in [0.2, 0.25) is 0 Å². The number of nitrogens with zero attached hydrogens (tertiary/aromatic N) is 2. The van der Waals surface area contributed by atoms with Gasteiger partial charge >= 0.3 is 5.97 Å². The highest BCUT2D eigenvalue weighted by Gasteiger charge is 2.13. The Labute approximate surface area is 131 Å². The van der Waals surface area contributed by atoms with Crippen molar-refractivity contribution in [2.75, 3.05) is 6.61 Å². The van der Waals surface area contributed by atoms with Crippen LogP contribution in [0.3, 0.4) is 0 Å². The Morgan fingerprint density at radius 1 is 1.43 bits per heavy atom. The molecule has 2 rings (SSSR count). The Morgan fingerprint density at radius 2 is 2.22 bits per heavy atom. The maximum atomic E-state index is 11.5. The molecule has 0 bridgehead atoms. The van der Waals surface area contributed by atoms with E-state index in [0.717, 1.165) is 0 Å². The minimum atomic E-state index is -0.733. The highest BCUT2D eigenvalue weighted by Crippen LogP contribution is 2.26. The summed E-state index contributed by atoms with van der Waals surface area (Å²) in [6, 6.07) is 10.9. The summed E-state index contributed by atoms with van der Waals surface area (Å²) in [7, 11) is 0. The normalized spacial score (nSPS) is 10.9. The Balaban J connectivity index is 2.30. The molecule has 1 aromatic heterocycles. The van der Waals surface area contributed by atoms with Crippen LogP contribution in [0.2, 0.25) is 0 Å². The molecular weight excluding hydrogens is 300 g/mol. The van der Waals surface area contributed by atoms with Gasteiger partial charge in [-0.1, -0.05) is 12.1 Å². The average Bonchev–Trinajstić information content (AvgIpc) is 3.01. The number of benzene rings is 1. The number of furan rings is 1. The molecule has 0 atom stereocenters. The van der Waals surface area contributed by atoms with E-state index in [1.807, 2.05) is 0 Å². The smallest absolute Gasteiger partial charge is 0.349 e. The zero-order chi connectivity index (χ0) is 16.8. The molecule has 0 amide bonds. The summed E-state index contributed by atoms with van der Waals surface area (Å²) < 4.78 is 10.3. The lowest BCUT2D eigenvalue weighted by atomic mass is 10.1. The van der Waals surface area contributed by atoms with Gasteiger partial charge in [-0.15, -0.1) is 0 Å². The largest absolute Gasteiger partial charge is 0.462 e. The number of ether oxygens (including phenoxy) is 1. The topological polar surface area (TPSA) is 106 Å². The van der Waals surface area contributed by atoms with Gasteiger partial charge in [-0.05, 0) is 19.1 Å². The molecule has 0 radical (unpaired) electrons. The molecule has 0 aliphatic heterocycles. The van der Waals surface area contributed by atoms with Crippen molar-refractivity contribution in [3.63, 3.8) is 0 Å². The predicted molar refractivity (Wildman–Crippen MR) is 81.0 cm³/mol.